The molecular weight excluding hydrogens is 334 g/mol. The number of fused-ring (bicyclic) bond motifs is 1. The van der Waals surface area contributed by atoms with E-state index in [9.17, 15) is 9.59 Å². The summed E-state index contributed by atoms with van der Waals surface area (Å²) in [6.45, 7) is 0.806. The molecule has 0 bridgehead atoms. The average molecular weight is 348 g/mol. The van der Waals surface area contributed by atoms with Crippen LogP contribution in [0.3, 0.4) is 0 Å². The number of methoxy groups -OCH3 is 1. The highest BCUT2D eigenvalue weighted by Crippen LogP contribution is 2.34. The topological polar surface area (TPSA) is 73.9 Å². The van der Waals surface area contributed by atoms with Gasteiger partial charge < -0.3 is 19.5 Å². The van der Waals surface area contributed by atoms with E-state index in [0.717, 1.165) is 0 Å². The second kappa shape index (κ2) is 6.80. The summed E-state index contributed by atoms with van der Waals surface area (Å²) in [5.74, 6) is -0.0259. The van der Waals surface area contributed by atoms with Gasteiger partial charge in [-0.25, -0.2) is 4.79 Å². The number of hydrogen-bond donors (Lipinski definition) is 1. The van der Waals surface area contributed by atoms with Crippen LogP contribution in [0.25, 0.3) is 0 Å². The fourth-order valence-corrected chi connectivity index (χ4v) is 2.47. The molecule has 24 heavy (non-hydrogen) atoms. The van der Waals surface area contributed by atoms with Crippen molar-refractivity contribution in [1.29, 1.82) is 0 Å². The van der Waals surface area contributed by atoms with Crippen molar-refractivity contribution >= 4 is 29.2 Å². The second-order valence-corrected chi connectivity index (χ2v) is 5.38. The first-order valence-corrected chi connectivity index (χ1v) is 7.56. The van der Waals surface area contributed by atoms with E-state index in [0.29, 0.717) is 41.0 Å². The molecule has 1 N–H and O–H groups in total. The number of hydrogen-bond acceptors (Lipinski definition) is 5. The van der Waals surface area contributed by atoms with Gasteiger partial charge in [-0.05, 0) is 30.3 Å². The number of amides is 1. The Hall–Kier alpha value is -2.73. The van der Waals surface area contributed by atoms with Crippen LogP contribution in [0.1, 0.15) is 20.7 Å². The third-order valence-electron chi connectivity index (χ3n) is 3.45. The Bertz CT molecular complexity index is 806. The van der Waals surface area contributed by atoms with Crippen molar-refractivity contribution in [2.45, 2.75) is 0 Å². The SMILES string of the molecule is COC(=O)c1ccc(Cl)c(NC(=O)c2cccc3c2OCCO3)c1. The van der Waals surface area contributed by atoms with Gasteiger partial charge in [-0.2, -0.15) is 0 Å². The van der Waals surface area contributed by atoms with E-state index in [1.54, 1.807) is 18.2 Å². The molecule has 1 aliphatic heterocycles. The fourth-order valence-electron chi connectivity index (χ4n) is 2.31. The maximum Gasteiger partial charge on any atom is 0.337 e. The third-order valence-corrected chi connectivity index (χ3v) is 3.78. The van der Waals surface area contributed by atoms with E-state index in [4.69, 9.17) is 21.1 Å². The second-order valence-electron chi connectivity index (χ2n) is 4.97. The maximum atomic E-state index is 12.6. The molecule has 1 aliphatic rings. The van der Waals surface area contributed by atoms with Gasteiger partial charge in [0.2, 0.25) is 0 Å². The van der Waals surface area contributed by atoms with E-state index in [1.165, 1.54) is 25.3 Å². The first kappa shape index (κ1) is 16.1. The minimum atomic E-state index is -0.518. The minimum Gasteiger partial charge on any atom is -0.486 e. The van der Waals surface area contributed by atoms with E-state index >= 15 is 0 Å². The summed E-state index contributed by atoms with van der Waals surface area (Å²) in [5.41, 5.74) is 0.914. The van der Waals surface area contributed by atoms with Crippen LogP contribution in [0.5, 0.6) is 11.5 Å². The molecule has 0 radical (unpaired) electrons. The highest BCUT2D eigenvalue weighted by molar-refractivity contribution is 6.34. The zero-order chi connectivity index (χ0) is 17.1. The molecule has 1 amide bonds. The Morgan fingerprint density at radius 2 is 1.96 bits per heavy atom. The lowest BCUT2D eigenvalue weighted by Crippen LogP contribution is -2.20. The first-order valence-electron chi connectivity index (χ1n) is 7.18. The zero-order valence-electron chi connectivity index (χ0n) is 12.8. The molecule has 0 fully saturated rings. The number of benzene rings is 2. The molecule has 0 unspecified atom stereocenters. The molecule has 0 spiro atoms. The van der Waals surface area contributed by atoms with Crippen molar-refractivity contribution < 1.29 is 23.8 Å². The van der Waals surface area contributed by atoms with Crippen LogP contribution >= 0.6 is 11.6 Å². The number of esters is 1. The molecule has 2 aromatic carbocycles. The summed E-state index contributed by atoms with van der Waals surface area (Å²) in [5, 5.41) is 2.99. The van der Waals surface area contributed by atoms with Crippen molar-refractivity contribution in [2.24, 2.45) is 0 Å². The summed E-state index contributed by atoms with van der Waals surface area (Å²) < 4.78 is 15.7. The van der Waals surface area contributed by atoms with Crippen molar-refractivity contribution in [3.8, 4) is 11.5 Å². The van der Waals surface area contributed by atoms with E-state index in [-0.39, 0.29) is 5.56 Å². The van der Waals surface area contributed by atoms with Crippen LogP contribution in [-0.2, 0) is 4.74 Å². The lowest BCUT2D eigenvalue weighted by Gasteiger charge is -2.20. The summed E-state index contributed by atoms with van der Waals surface area (Å²) in [6.07, 6.45) is 0. The van der Waals surface area contributed by atoms with Gasteiger partial charge in [0, 0.05) is 0 Å². The van der Waals surface area contributed by atoms with Gasteiger partial charge in [-0.3, -0.25) is 4.79 Å². The van der Waals surface area contributed by atoms with Crippen LogP contribution in [0.2, 0.25) is 5.02 Å². The number of anilines is 1. The van der Waals surface area contributed by atoms with Gasteiger partial charge in [0.1, 0.15) is 13.2 Å². The molecule has 3 rings (SSSR count). The van der Waals surface area contributed by atoms with Gasteiger partial charge in [-0.1, -0.05) is 17.7 Å². The monoisotopic (exact) mass is 347 g/mol. The van der Waals surface area contributed by atoms with Gasteiger partial charge >= 0.3 is 5.97 Å². The van der Waals surface area contributed by atoms with Crippen molar-refractivity contribution in [1.82, 2.24) is 0 Å². The molecule has 0 saturated heterocycles. The largest absolute Gasteiger partial charge is 0.486 e. The number of nitrogens with one attached hydrogen (secondary N) is 1. The first-order chi connectivity index (χ1) is 11.6. The summed E-state index contributed by atoms with van der Waals surface area (Å²) in [4.78, 5) is 24.2. The van der Waals surface area contributed by atoms with Gasteiger partial charge in [0.15, 0.2) is 11.5 Å². The van der Waals surface area contributed by atoms with Crippen LogP contribution in [0.4, 0.5) is 5.69 Å². The summed E-state index contributed by atoms with van der Waals surface area (Å²) >= 11 is 6.10. The molecule has 6 nitrogen and oxygen atoms in total. The van der Waals surface area contributed by atoms with Crippen molar-refractivity contribution in [3.05, 3.63) is 52.5 Å². The van der Waals surface area contributed by atoms with Crippen LogP contribution in [0.15, 0.2) is 36.4 Å². The Balaban J connectivity index is 1.89. The Morgan fingerprint density at radius 1 is 1.17 bits per heavy atom. The summed E-state index contributed by atoms with van der Waals surface area (Å²) in [7, 11) is 1.28. The average Bonchev–Trinajstić information content (AvgIpc) is 2.62. The van der Waals surface area contributed by atoms with Crippen LogP contribution < -0.4 is 14.8 Å². The van der Waals surface area contributed by atoms with Crippen LogP contribution in [-0.4, -0.2) is 32.2 Å². The van der Waals surface area contributed by atoms with Gasteiger partial charge in [0.05, 0.1) is 28.9 Å². The maximum absolute atomic E-state index is 12.6. The third kappa shape index (κ3) is 3.14. The number of carbonyl (C=O) groups is 2. The van der Waals surface area contributed by atoms with Gasteiger partial charge in [0.25, 0.3) is 5.91 Å². The highest BCUT2D eigenvalue weighted by atomic mass is 35.5. The number of carbonyl (C=O) groups excluding carboxylic acids is 2. The molecule has 2 aromatic rings. The molecule has 7 heteroatoms. The molecule has 0 aromatic heterocycles. The lowest BCUT2D eigenvalue weighted by atomic mass is 10.1. The Labute approximate surface area is 143 Å². The predicted octanol–water partition coefficient (Wildman–Crippen LogP) is 3.15. The molecule has 0 atom stereocenters. The van der Waals surface area contributed by atoms with Crippen molar-refractivity contribution in [3.63, 3.8) is 0 Å². The quantitative estimate of drug-likeness (QED) is 0.863. The van der Waals surface area contributed by atoms with Crippen LogP contribution in [0, 0.1) is 0 Å². The number of ether oxygens (including phenoxy) is 3. The Kier molecular flexibility index (Phi) is 4.57. The normalized spacial score (nSPS) is 12.4. The highest BCUT2D eigenvalue weighted by Gasteiger charge is 2.21. The molecule has 124 valence electrons. The number of halogens is 1. The Morgan fingerprint density at radius 3 is 2.75 bits per heavy atom. The lowest BCUT2D eigenvalue weighted by molar-refractivity contribution is 0.0600. The standard InChI is InChI=1S/C17H14ClNO5/c1-22-17(21)10-5-6-12(18)13(9-10)19-16(20)11-3-2-4-14-15(11)24-8-7-23-14/h2-6,9H,7-8H2,1H3,(H,19,20). The van der Waals surface area contributed by atoms with Gasteiger partial charge in [-0.15, -0.1) is 0 Å². The predicted molar refractivity (Wildman–Crippen MR) is 88.2 cm³/mol. The molecular formula is C17H14ClNO5. The smallest absolute Gasteiger partial charge is 0.337 e. The molecule has 1 heterocycles. The van der Waals surface area contributed by atoms with Crippen molar-refractivity contribution in [2.75, 3.05) is 25.6 Å². The van der Waals surface area contributed by atoms with E-state index in [2.05, 4.69) is 10.1 Å². The number of para-hydroxylation sites is 1. The fraction of sp³-hybridized carbons (Fsp3) is 0.176. The van der Waals surface area contributed by atoms with E-state index < -0.39 is 11.9 Å². The minimum absolute atomic E-state index is 0.284. The molecule has 0 saturated carbocycles. The zero-order valence-corrected chi connectivity index (χ0v) is 13.6. The van der Waals surface area contributed by atoms with E-state index in [1.807, 2.05) is 0 Å². The number of rotatable bonds is 3. The summed E-state index contributed by atoms with van der Waals surface area (Å²) in [6, 6.07) is 9.55. The molecule has 0 aliphatic carbocycles.